The molecule has 0 radical (unpaired) electrons. The molecule has 0 aromatic heterocycles. The van der Waals surface area contributed by atoms with Crippen molar-refractivity contribution >= 4 is 5.69 Å². The molecular weight excluding hydrogens is 186 g/mol. The SMILES string of the molecule is NC[C@H](N)c1ccc(O)c([N+](=O)[O-])c1. The molecule has 0 bridgehead atoms. The predicted octanol–water partition coefficient (Wildman–Crippen LogP) is 0.259. The Morgan fingerprint density at radius 1 is 1.57 bits per heavy atom. The number of phenols is 1. The molecule has 0 saturated carbocycles. The Morgan fingerprint density at radius 2 is 2.21 bits per heavy atom. The number of rotatable bonds is 3. The molecule has 6 heteroatoms. The standard InChI is InChI=1S/C8H11N3O3/c9-4-6(10)5-1-2-8(12)7(3-5)11(13)14/h1-3,6,12H,4,9-10H2/t6-/m0/s1. The Bertz CT molecular complexity index is 354. The van der Waals surface area contributed by atoms with Crippen molar-refractivity contribution in [2.75, 3.05) is 6.54 Å². The topological polar surface area (TPSA) is 115 Å². The van der Waals surface area contributed by atoms with Crippen molar-refractivity contribution in [3.05, 3.63) is 33.9 Å². The van der Waals surface area contributed by atoms with Gasteiger partial charge >= 0.3 is 5.69 Å². The van der Waals surface area contributed by atoms with E-state index in [1.807, 2.05) is 0 Å². The number of nitro benzene ring substituents is 1. The fourth-order valence-corrected chi connectivity index (χ4v) is 1.05. The van der Waals surface area contributed by atoms with Gasteiger partial charge in [0.1, 0.15) is 0 Å². The highest BCUT2D eigenvalue weighted by atomic mass is 16.6. The Balaban J connectivity index is 3.12. The van der Waals surface area contributed by atoms with Gasteiger partial charge in [-0.1, -0.05) is 6.07 Å². The van der Waals surface area contributed by atoms with Gasteiger partial charge in [0.05, 0.1) is 4.92 Å². The van der Waals surface area contributed by atoms with Gasteiger partial charge in [-0.2, -0.15) is 0 Å². The molecule has 0 heterocycles. The molecule has 0 fully saturated rings. The van der Waals surface area contributed by atoms with E-state index in [4.69, 9.17) is 16.6 Å². The highest BCUT2D eigenvalue weighted by Gasteiger charge is 2.15. The molecule has 0 aliphatic rings. The number of hydrogen-bond donors (Lipinski definition) is 3. The lowest BCUT2D eigenvalue weighted by molar-refractivity contribution is -0.385. The number of hydrogen-bond acceptors (Lipinski definition) is 5. The average molecular weight is 197 g/mol. The smallest absolute Gasteiger partial charge is 0.311 e. The zero-order chi connectivity index (χ0) is 10.7. The van der Waals surface area contributed by atoms with E-state index < -0.39 is 11.0 Å². The molecule has 0 aliphatic carbocycles. The van der Waals surface area contributed by atoms with Gasteiger partial charge in [-0.05, 0) is 11.6 Å². The van der Waals surface area contributed by atoms with Crippen LogP contribution in [-0.4, -0.2) is 16.6 Å². The first-order valence-electron chi connectivity index (χ1n) is 3.99. The zero-order valence-corrected chi connectivity index (χ0v) is 7.38. The Morgan fingerprint density at radius 3 is 2.71 bits per heavy atom. The van der Waals surface area contributed by atoms with Gasteiger partial charge < -0.3 is 16.6 Å². The van der Waals surface area contributed by atoms with E-state index in [1.54, 1.807) is 0 Å². The molecule has 0 aliphatic heterocycles. The quantitative estimate of drug-likeness (QED) is 0.474. The number of nitrogens with zero attached hydrogens (tertiary/aromatic N) is 1. The van der Waals surface area contributed by atoms with Gasteiger partial charge in [-0.3, -0.25) is 10.1 Å². The van der Waals surface area contributed by atoms with E-state index in [-0.39, 0.29) is 18.0 Å². The lowest BCUT2D eigenvalue weighted by atomic mass is 10.1. The van der Waals surface area contributed by atoms with Crippen molar-refractivity contribution in [2.45, 2.75) is 6.04 Å². The lowest BCUT2D eigenvalue weighted by Crippen LogP contribution is -2.20. The van der Waals surface area contributed by atoms with E-state index in [9.17, 15) is 10.1 Å². The largest absolute Gasteiger partial charge is 0.502 e. The van der Waals surface area contributed by atoms with Crippen LogP contribution in [0.25, 0.3) is 0 Å². The van der Waals surface area contributed by atoms with Crippen LogP contribution in [0.15, 0.2) is 18.2 Å². The molecule has 0 spiro atoms. The first-order valence-corrected chi connectivity index (χ1v) is 3.99. The maximum absolute atomic E-state index is 10.5. The fourth-order valence-electron chi connectivity index (χ4n) is 1.05. The maximum Gasteiger partial charge on any atom is 0.311 e. The van der Waals surface area contributed by atoms with Crippen LogP contribution in [0.3, 0.4) is 0 Å². The molecule has 1 rings (SSSR count). The minimum absolute atomic E-state index is 0.196. The third-order valence-electron chi connectivity index (χ3n) is 1.88. The van der Waals surface area contributed by atoms with Crippen molar-refractivity contribution in [1.82, 2.24) is 0 Å². The molecule has 6 nitrogen and oxygen atoms in total. The molecule has 1 atom stereocenters. The monoisotopic (exact) mass is 197 g/mol. The van der Waals surface area contributed by atoms with Crippen LogP contribution in [0.1, 0.15) is 11.6 Å². The van der Waals surface area contributed by atoms with Gasteiger partial charge in [0, 0.05) is 18.7 Å². The minimum atomic E-state index is -0.665. The van der Waals surface area contributed by atoms with Crippen LogP contribution in [0.4, 0.5) is 5.69 Å². The number of phenolic OH excluding ortho intramolecular Hbond substituents is 1. The van der Waals surface area contributed by atoms with E-state index in [0.29, 0.717) is 5.56 Å². The normalized spacial score (nSPS) is 12.4. The van der Waals surface area contributed by atoms with E-state index in [1.165, 1.54) is 18.2 Å². The third kappa shape index (κ3) is 1.98. The van der Waals surface area contributed by atoms with Crippen molar-refractivity contribution < 1.29 is 10.0 Å². The predicted molar refractivity (Wildman–Crippen MR) is 50.7 cm³/mol. The van der Waals surface area contributed by atoms with E-state index in [2.05, 4.69) is 0 Å². The van der Waals surface area contributed by atoms with E-state index in [0.717, 1.165) is 0 Å². The molecular formula is C8H11N3O3. The second-order valence-corrected chi connectivity index (χ2v) is 2.85. The molecule has 1 aromatic rings. The number of nitro groups is 1. The summed E-state index contributed by atoms with van der Waals surface area (Å²) in [6, 6.07) is 3.53. The first-order chi connectivity index (χ1) is 6.56. The summed E-state index contributed by atoms with van der Waals surface area (Å²) in [4.78, 5) is 9.79. The molecule has 5 N–H and O–H groups in total. The Labute approximate surface area is 80.3 Å². The summed E-state index contributed by atoms with van der Waals surface area (Å²) in [5.41, 5.74) is 11.1. The van der Waals surface area contributed by atoms with Crippen molar-refractivity contribution in [2.24, 2.45) is 11.5 Å². The summed E-state index contributed by atoms with van der Waals surface area (Å²) in [5.74, 6) is -0.372. The lowest BCUT2D eigenvalue weighted by Gasteiger charge is -2.08. The van der Waals surface area contributed by atoms with Crippen LogP contribution in [0, 0.1) is 10.1 Å². The second kappa shape index (κ2) is 4.03. The van der Waals surface area contributed by atoms with Crippen molar-refractivity contribution in [1.29, 1.82) is 0 Å². The highest BCUT2D eigenvalue weighted by Crippen LogP contribution is 2.27. The van der Waals surface area contributed by atoms with Crippen LogP contribution in [0.2, 0.25) is 0 Å². The molecule has 14 heavy (non-hydrogen) atoms. The molecule has 0 unspecified atom stereocenters. The maximum atomic E-state index is 10.5. The van der Waals surface area contributed by atoms with Crippen molar-refractivity contribution in [3.63, 3.8) is 0 Å². The summed E-state index contributed by atoms with van der Waals surface area (Å²) in [7, 11) is 0. The van der Waals surface area contributed by atoms with Gasteiger partial charge in [-0.15, -0.1) is 0 Å². The van der Waals surface area contributed by atoms with Crippen molar-refractivity contribution in [3.8, 4) is 5.75 Å². The molecule has 76 valence electrons. The number of aromatic hydroxyl groups is 1. The second-order valence-electron chi connectivity index (χ2n) is 2.85. The van der Waals surface area contributed by atoms with Crippen LogP contribution >= 0.6 is 0 Å². The number of nitrogens with two attached hydrogens (primary N) is 2. The summed E-state index contributed by atoms with van der Waals surface area (Å²) in [6.07, 6.45) is 0. The highest BCUT2D eigenvalue weighted by molar-refractivity contribution is 5.48. The Kier molecular flexibility index (Phi) is 3.00. The van der Waals surface area contributed by atoms with Crippen LogP contribution in [-0.2, 0) is 0 Å². The molecule has 0 saturated heterocycles. The summed E-state index contributed by atoms with van der Waals surface area (Å²) < 4.78 is 0. The minimum Gasteiger partial charge on any atom is -0.502 e. The number of benzene rings is 1. The zero-order valence-electron chi connectivity index (χ0n) is 7.38. The Hall–Kier alpha value is -1.66. The van der Waals surface area contributed by atoms with Gasteiger partial charge in [-0.25, -0.2) is 0 Å². The summed E-state index contributed by atoms with van der Waals surface area (Å²) in [5, 5.41) is 19.6. The first kappa shape index (κ1) is 10.4. The van der Waals surface area contributed by atoms with E-state index >= 15 is 0 Å². The molecule has 1 aromatic carbocycles. The molecule has 0 amide bonds. The summed E-state index contributed by atoms with van der Waals surface area (Å²) in [6.45, 7) is 0.196. The van der Waals surface area contributed by atoms with Gasteiger partial charge in [0.25, 0.3) is 0 Å². The van der Waals surface area contributed by atoms with Gasteiger partial charge in [0.2, 0.25) is 0 Å². The fraction of sp³-hybridized carbons (Fsp3) is 0.250. The third-order valence-corrected chi connectivity index (χ3v) is 1.88. The van der Waals surface area contributed by atoms with Gasteiger partial charge in [0.15, 0.2) is 5.75 Å². The van der Waals surface area contributed by atoms with Crippen LogP contribution < -0.4 is 11.5 Å². The summed E-state index contributed by atoms with van der Waals surface area (Å²) >= 11 is 0. The average Bonchev–Trinajstić information content (AvgIpc) is 2.17. The van der Waals surface area contributed by atoms with Crippen LogP contribution in [0.5, 0.6) is 5.75 Å².